The van der Waals surface area contributed by atoms with Crippen LogP contribution >= 0.6 is 11.8 Å². The van der Waals surface area contributed by atoms with Crippen LogP contribution in [0.1, 0.15) is 25.7 Å². The van der Waals surface area contributed by atoms with E-state index in [-0.39, 0.29) is 52.7 Å². The van der Waals surface area contributed by atoms with Crippen molar-refractivity contribution in [2.24, 2.45) is 5.92 Å². The normalized spacial score (nSPS) is 23.0. The average molecular weight is 451 g/mol. The van der Waals surface area contributed by atoms with E-state index in [0.717, 1.165) is 11.8 Å². The lowest BCUT2D eigenvalue weighted by molar-refractivity contribution is -0.117. The van der Waals surface area contributed by atoms with E-state index in [4.69, 9.17) is 4.42 Å². The van der Waals surface area contributed by atoms with Gasteiger partial charge in [-0.1, -0.05) is 23.9 Å². The Bertz CT molecular complexity index is 1070. The van der Waals surface area contributed by atoms with Crippen molar-refractivity contribution in [3.63, 3.8) is 0 Å². The van der Waals surface area contributed by atoms with Crippen molar-refractivity contribution in [2.75, 3.05) is 27.5 Å². The highest BCUT2D eigenvalue weighted by atomic mass is 32.2. The summed E-state index contributed by atoms with van der Waals surface area (Å²) in [5.74, 6) is 0.507. The molecule has 0 aliphatic carbocycles. The third kappa shape index (κ3) is 4.67. The summed E-state index contributed by atoms with van der Waals surface area (Å²) < 4.78 is 28.8. The molecule has 0 radical (unpaired) electrons. The Hall–Kier alpha value is -2.40. The van der Waals surface area contributed by atoms with Gasteiger partial charge in [-0.15, -0.1) is 10.2 Å². The maximum atomic E-state index is 13.0. The van der Waals surface area contributed by atoms with Crippen LogP contribution in [0, 0.1) is 5.92 Å². The lowest BCUT2D eigenvalue weighted by atomic mass is 10.1. The first-order chi connectivity index (χ1) is 14.3. The number of hydrogen-bond donors (Lipinski definition) is 1. The number of para-hydroxylation sites is 2. The molecule has 0 spiro atoms. The van der Waals surface area contributed by atoms with Gasteiger partial charge in [-0.2, -0.15) is 0 Å². The van der Waals surface area contributed by atoms with Gasteiger partial charge in [0.2, 0.25) is 17.7 Å². The molecule has 2 aromatic rings. The SMILES string of the molecule is CC1CC(=O)Nc2ccccc2N1C(=O)CSc1nnc(CC2CCS(=O)(=O)C2)o1. The number of carbonyl (C=O) groups excluding carboxylic acids is 2. The molecule has 1 fully saturated rings. The summed E-state index contributed by atoms with van der Waals surface area (Å²) in [4.78, 5) is 26.7. The summed E-state index contributed by atoms with van der Waals surface area (Å²) >= 11 is 1.13. The van der Waals surface area contributed by atoms with Gasteiger partial charge in [0.05, 0.1) is 28.6 Å². The van der Waals surface area contributed by atoms with E-state index >= 15 is 0 Å². The number of fused-ring (bicyclic) bond motifs is 1. The van der Waals surface area contributed by atoms with Gasteiger partial charge in [0, 0.05) is 18.9 Å². The lowest BCUT2D eigenvalue weighted by Crippen LogP contribution is -2.40. The number of aromatic nitrogens is 2. The van der Waals surface area contributed by atoms with Gasteiger partial charge in [-0.25, -0.2) is 8.42 Å². The van der Waals surface area contributed by atoms with Crippen molar-refractivity contribution in [3.8, 4) is 0 Å². The van der Waals surface area contributed by atoms with E-state index in [1.807, 2.05) is 19.1 Å². The van der Waals surface area contributed by atoms with Crippen LogP contribution < -0.4 is 10.2 Å². The quantitative estimate of drug-likeness (QED) is 0.686. The third-order valence-electron chi connectivity index (χ3n) is 5.19. The molecule has 1 aromatic heterocycles. The zero-order valence-corrected chi connectivity index (χ0v) is 18.0. The van der Waals surface area contributed by atoms with E-state index in [2.05, 4.69) is 15.5 Å². The molecule has 0 bridgehead atoms. The smallest absolute Gasteiger partial charge is 0.277 e. The summed E-state index contributed by atoms with van der Waals surface area (Å²) in [6, 6.07) is 6.92. The fourth-order valence-electron chi connectivity index (χ4n) is 3.82. The molecule has 160 valence electrons. The molecule has 2 unspecified atom stereocenters. The van der Waals surface area contributed by atoms with Crippen molar-refractivity contribution in [1.29, 1.82) is 0 Å². The molecule has 1 saturated heterocycles. The maximum absolute atomic E-state index is 13.0. The van der Waals surface area contributed by atoms with Crippen molar-refractivity contribution < 1.29 is 22.4 Å². The van der Waals surface area contributed by atoms with E-state index in [0.29, 0.717) is 30.1 Å². The van der Waals surface area contributed by atoms with Crippen LogP contribution in [0.5, 0.6) is 0 Å². The maximum Gasteiger partial charge on any atom is 0.277 e. The summed E-state index contributed by atoms with van der Waals surface area (Å²) in [5, 5.41) is 11.0. The summed E-state index contributed by atoms with van der Waals surface area (Å²) in [6.45, 7) is 1.84. The van der Waals surface area contributed by atoms with Crippen molar-refractivity contribution in [2.45, 2.75) is 37.5 Å². The second kappa shape index (κ2) is 8.38. The van der Waals surface area contributed by atoms with Gasteiger partial charge in [-0.3, -0.25) is 9.59 Å². The standard InChI is InChI=1S/C19H22N4O5S2/c1-12-8-16(24)20-14-4-2-3-5-15(14)23(12)18(25)10-29-19-22-21-17(28-19)9-13-6-7-30(26,27)11-13/h2-5,12-13H,6-11H2,1H3,(H,20,24). The topological polar surface area (TPSA) is 122 Å². The highest BCUT2D eigenvalue weighted by molar-refractivity contribution is 7.99. The van der Waals surface area contributed by atoms with E-state index in [1.54, 1.807) is 17.0 Å². The molecule has 1 aromatic carbocycles. The Balaban J connectivity index is 1.40. The minimum atomic E-state index is -2.95. The third-order valence-corrected chi connectivity index (χ3v) is 7.83. The molecule has 2 amide bonds. The predicted octanol–water partition coefficient (Wildman–Crippen LogP) is 1.90. The fourth-order valence-corrected chi connectivity index (χ4v) is 6.32. The first-order valence-corrected chi connectivity index (χ1v) is 12.5. The fraction of sp³-hybridized carbons (Fsp3) is 0.474. The first kappa shape index (κ1) is 20.9. The number of benzene rings is 1. The number of hydrogen-bond acceptors (Lipinski definition) is 8. The zero-order valence-electron chi connectivity index (χ0n) is 16.4. The number of nitrogens with one attached hydrogen (secondary N) is 1. The largest absolute Gasteiger partial charge is 0.416 e. The molecule has 1 N–H and O–H groups in total. The van der Waals surface area contributed by atoms with Crippen molar-refractivity contribution in [1.82, 2.24) is 10.2 Å². The predicted molar refractivity (Wildman–Crippen MR) is 112 cm³/mol. The highest BCUT2D eigenvalue weighted by Crippen LogP contribution is 2.32. The number of thioether (sulfide) groups is 1. The molecule has 11 heteroatoms. The summed E-state index contributed by atoms with van der Waals surface area (Å²) in [6.07, 6.45) is 1.23. The Morgan fingerprint density at radius 1 is 1.33 bits per heavy atom. The Kier molecular flexibility index (Phi) is 5.83. The molecule has 2 aliphatic heterocycles. The molecule has 4 rings (SSSR count). The van der Waals surface area contributed by atoms with Gasteiger partial charge >= 0.3 is 0 Å². The van der Waals surface area contributed by atoms with Crippen LogP contribution in [-0.2, 0) is 25.8 Å². The second-order valence-corrected chi connectivity index (χ2v) is 10.8. The number of rotatable bonds is 5. The van der Waals surface area contributed by atoms with Crippen LogP contribution in [0.25, 0.3) is 0 Å². The van der Waals surface area contributed by atoms with Crippen LogP contribution in [0.2, 0.25) is 0 Å². The summed E-state index contributed by atoms with van der Waals surface area (Å²) in [5.41, 5.74) is 1.27. The van der Waals surface area contributed by atoms with Crippen LogP contribution in [-0.4, -0.2) is 53.7 Å². The number of anilines is 2. The van der Waals surface area contributed by atoms with Crippen LogP contribution in [0.4, 0.5) is 11.4 Å². The minimum Gasteiger partial charge on any atom is -0.416 e. The second-order valence-electron chi connectivity index (χ2n) is 7.61. The molecule has 3 heterocycles. The monoisotopic (exact) mass is 450 g/mol. The number of amides is 2. The molecular weight excluding hydrogens is 428 g/mol. The lowest BCUT2D eigenvalue weighted by Gasteiger charge is -2.27. The van der Waals surface area contributed by atoms with Crippen molar-refractivity contribution >= 4 is 44.8 Å². The number of sulfone groups is 1. The number of carbonyl (C=O) groups is 2. The van der Waals surface area contributed by atoms with Gasteiger partial charge in [0.15, 0.2) is 9.84 Å². The van der Waals surface area contributed by atoms with Crippen molar-refractivity contribution in [3.05, 3.63) is 30.2 Å². The minimum absolute atomic E-state index is 0.00517. The number of nitrogens with zero attached hydrogens (tertiary/aromatic N) is 3. The molecule has 30 heavy (non-hydrogen) atoms. The zero-order chi connectivity index (χ0) is 21.3. The van der Waals surface area contributed by atoms with E-state index in [9.17, 15) is 18.0 Å². The Morgan fingerprint density at radius 3 is 2.90 bits per heavy atom. The van der Waals surface area contributed by atoms with E-state index in [1.165, 1.54) is 0 Å². The Labute approximate surface area is 178 Å². The molecular formula is C19H22N4O5S2. The summed E-state index contributed by atoms with van der Waals surface area (Å²) in [7, 11) is -2.95. The first-order valence-electron chi connectivity index (χ1n) is 9.67. The molecule has 0 saturated carbocycles. The van der Waals surface area contributed by atoms with Crippen LogP contribution in [0.3, 0.4) is 0 Å². The molecule has 2 atom stereocenters. The molecule has 2 aliphatic rings. The highest BCUT2D eigenvalue weighted by Gasteiger charge is 2.31. The van der Waals surface area contributed by atoms with Gasteiger partial charge in [0.1, 0.15) is 0 Å². The van der Waals surface area contributed by atoms with E-state index < -0.39 is 9.84 Å². The average Bonchev–Trinajstić information content (AvgIpc) is 3.23. The van der Waals surface area contributed by atoms with Gasteiger partial charge in [0.25, 0.3) is 5.22 Å². The Morgan fingerprint density at radius 2 is 2.13 bits per heavy atom. The molecule has 9 nitrogen and oxygen atoms in total. The van der Waals surface area contributed by atoms with Gasteiger partial charge in [-0.05, 0) is 31.4 Å². The van der Waals surface area contributed by atoms with Gasteiger partial charge < -0.3 is 14.6 Å². The van der Waals surface area contributed by atoms with Crippen LogP contribution in [0.15, 0.2) is 33.9 Å².